The second-order valence-corrected chi connectivity index (χ2v) is 6.59. The number of benzene rings is 1. The van der Waals surface area contributed by atoms with E-state index in [1.165, 1.54) is 0 Å². The highest BCUT2D eigenvalue weighted by Gasteiger charge is 2.20. The van der Waals surface area contributed by atoms with Crippen LogP contribution in [0, 0.1) is 0 Å². The quantitative estimate of drug-likeness (QED) is 0.794. The molecule has 3 heterocycles. The number of hydrogen-bond acceptors (Lipinski definition) is 4. The fourth-order valence-corrected chi connectivity index (χ4v) is 3.33. The summed E-state index contributed by atoms with van der Waals surface area (Å²) in [5.74, 6) is 0.677. The summed E-state index contributed by atoms with van der Waals surface area (Å²) >= 11 is 0. The summed E-state index contributed by atoms with van der Waals surface area (Å²) in [4.78, 5) is 14.3. The molecule has 0 saturated carbocycles. The molecule has 1 amide bonds. The van der Waals surface area contributed by atoms with Crippen LogP contribution in [0.25, 0.3) is 11.0 Å². The van der Waals surface area contributed by atoms with Gasteiger partial charge >= 0.3 is 0 Å². The molecule has 6 heteroatoms. The Morgan fingerprint density at radius 1 is 1.40 bits per heavy atom. The number of hydrogen-bond donors (Lipinski definition) is 1. The van der Waals surface area contributed by atoms with Gasteiger partial charge in [-0.15, -0.1) is 0 Å². The lowest BCUT2D eigenvalue weighted by Gasteiger charge is -2.23. The Labute approximate surface area is 146 Å². The van der Waals surface area contributed by atoms with Crippen molar-refractivity contribution in [3.05, 3.63) is 54.0 Å². The maximum atomic E-state index is 12.7. The zero-order chi connectivity index (χ0) is 17.2. The van der Waals surface area contributed by atoms with Crippen LogP contribution in [0.2, 0.25) is 0 Å². The maximum Gasteiger partial charge on any atom is 0.274 e. The number of furan rings is 1. The van der Waals surface area contributed by atoms with Crippen molar-refractivity contribution < 1.29 is 9.21 Å². The van der Waals surface area contributed by atoms with Crippen LogP contribution in [-0.4, -0.2) is 40.7 Å². The summed E-state index contributed by atoms with van der Waals surface area (Å²) in [6.45, 7) is 2.39. The molecule has 0 bridgehead atoms. The molecule has 1 fully saturated rings. The lowest BCUT2D eigenvalue weighted by Crippen LogP contribution is -2.32. The second kappa shape index (κ2) is 6.72. The predicted octanol–water partition coefficient (Wildman–Crippen LogP) is 2.83. The maximum absolute atomic E-state index is 12.7. The molecule has 1 atom stereocenters. The van der Waals surface area contributed by atoms with E-state index in [9.17, 15) is 4.79 Å². The van der Waals surface area contributed by atoms with Crippen LogP contribution in [0.4, 0.5) is 0 Å². The van der Waals surface area contributed by atoms with E-state index in [1.54, 1.807) is 18.0 Å². The number of carbonyl (C=O) groups excluding carboxylic acids is 1. The van der Waals surface area contributed by atoms with E-state index in [0.717, 1.165) is 42.7 Å². The molecule has 4 rings (SSSR count). The van der Waals surface area contributed by atoms with Crippen LogP contribution >= 0.6 is 0 Å². The number of amides is 1. The van der Waals surface area contributed by atoms with E-state index in [2.05, 4.69) is 10.4 Å². The Morgan fingerprint density at radius 3 is 3.08 bits per heavy atom. The zero-order valence-electron chi connectivity index (χ0n) is 14.3. The van der Waals surface area contributed by atoms with Gasteiger partial charge in [0.25, 0.3) is 5.91 Å². The van der Waals surface area contributed by atoms with Gasteiger partial charge in [-0.3, -0.25) is 9.48 Å². The van der Waals surface area contributed by atoms with Crippen LogP contribution in [0.5, 0.6) is 0 Å². The first-order chi connectivity index (χ1) is 12.2. The Hall–Kier alpha value is -2.60. The van der Waals surface area contributed by atoms with Crippen molar-refractivity contribution in [2.45, 2.75) is 25.4 Å². The molecule has 1 N–H and O–H groups in total. The van der Waals surface area contributed by atoms with Crippen molar-refractivity contribution in [1.82, 2.24) is 20.0 Å². The summed E-state index contributed by atoms with van der Waals surface area (Å²) in [6.07, 6.45) is 4.14. The third-order valence-electron chi connectivity index (χ3n) is 4.69. The molecule has 2 aromatic heterocycles. The lowest BCUT2D eigenvalue weighted by molar-refractivity contribution is 0.0769. The summed E-state index contributed by atoms with van der Waals surface area (Å²) in [5.41, 5.74) is 1.32. The number of para-hydroxylation sites is 1. The lowest BCUT2D eigenvalue weighted by atomic mass is 10.1. The number of nitrogens with zero attached hydrogens (tertiary/aromatic N) is 3. The minimum atomic E-state index is -0.0945. The predicted molar refractivity (Wildman–Crippen MR) is 95.4 cm³/mol. The van der Waals surface area contributed by atoms with Crippen molar-refractivity contribution in [3.63, 3.8) is 0 Å². The first-order valence-electron chi connectivity index (χ1n) is 8.69. The first-order valence-corrected chi connectivity index (χ1v) is 8.69. The van der Waals surface area contributed by atoms with E-state index in [-0.39, 0.29) is 5.91 Å². The number of fused-ring (bicyclic) bond motifs is 1. The van der Waals surface area contributed by atoms with E-state index in [4.69, 9.17) is 4.42 Å². The molecule has 0 aliphatic carbocycles. The number of rotatable bonds is 4. The third kappa shape index (κ3) is 3.30. The average Bonchev–Trinajstić information content (AvgIpc) is 3.28. The third-order valence-corrected chi connectivity index (χ3v) is 4.69. The Bertz CT molecular complexity index is 843. The van der Waals surface area contributed by atoms with E-state index < -0.39 is 0 Å². The van der Waals surface area contributed by atoms with Gasteiger partial charge in [0.2, 0.25) is 0 Å². The molecule has 1 aromatic carbocycles. The number of aromatic nitrogens is 2. The highest BCUT2D eigenvalue weighted by atomic mass is 16.3. The number of nitrogens with one attached hydrogen (secondary N) is 1. The Kier molecular flexibility index (Phi) is 4.28. The Balaban J connectivity index is 1.45. The SMILES string of the molecule is CN(Cc1cc2ccccc2o1)C(=O)c1ccn(C2CCCNC2)n1. The van der Waals surface area contributed by atoms with Gasteiger partial charge in [-0.05, 0) is 37.6 Å². The van der Waals surface area contributed by atoms with Crippen LogP contribution in [0.1, 0.15) is 35.1 Å². The van der Waals surface area contributed by atoms with Gasteiger partial charge in [0.05, 0.1) is 12.6 Å². The van der Waals surface area contributed by atoms with Crippen molar-refractivity contribution >= 4 is 16.9 Å². The van der Waals surface area contributed by atoms with Crippen molar-refractivity contribution in [3.8, 4) is 0 Å². The monoisotopic (exact) mass is 338 g/mol. The van der Waals surface area contributed by atoms with E-state index in [0.29, 0.717) is 18.3 Å². The van der Waals surface area contributed by atoms with Crippen LogP contribution in [-0.2, 0) is 6.54 Å². The topological polar surface area (TPSA) is 63.3 Å². The minimum Gasteiger partial charge on any atom is -0.459 e. The molecule has 130 valence electrons. The molecule has 1 unspecified atom stereocenters. The van der Waals surface area contributed by atoms with Gasteiger partial charge in [-0.2, -0.15) is 5.10 Å². The Morgan fingerprint density at radius 2 is 2.28 bits per heavy atom. The summed E-state index contributed by atoms with van der Waals surface area (Å²) < 4.78 is 7.71. The molecule has 1 aliphatic rings. The van der Waals surface area contributed by atoms with Crippen LogP contribution in [0.3, 0.4) is 0 Å². The van der Waals surface area contributed by atoms with E-state index in [1.807, 2.05) is 41.2 Å². The highest BCUT2D eigenvalue weighted by molar-refractivity contribution is 5.92. The van der Waals surface area contributed by atoms with Crippen LogP contribution < -0.4 is 5.32 Å². The molecule has 25 heavy (non-hydrogen) atoms. The summed E-state index contributed by atoms with van der Waals surface area (Å²) in [6, 6.07) is 12.0. The summed E-state index contributed by atoms with van der Waals surface area (Å²) in [5, 5.41) is 8.91. The molecule has 0 spiro atoms. The molecule has 1 saturated heterocycles. The molecular weight excluding hydrogens is 316 g/mol. The second-order valence-electron chi connectivity index (χ2n) is 6.59. The zero-order valence-corrected chi connectivity index (χ0v) is 14.3. The summed E-state index contributed by atoms with van der Waals surface area (Å²) in [7, 11) is 1.77. The van der Waals surface area contributed by atoms with Gasteiger partial charge in [0.15, 0.2) is 0 Å². The first kappa shape index (κ1) is 15.9. The number of piperidine rings is 1. The highest BCUT2D eigenvalue weighted by Crippen LogP contribution is 2.20. The van der Waals surface area contributed by atoms with Crippen LogP contribution in [0.15, 0.2) is 47.0 Å². The molecule has 6 nitrogen and oxygen atoms in total. The normalized spacial score (nSPS) is 17.7. The minimum absolute atomic E-state index is 0.0945. The fraction of sp³-hybridized carbons (Fsp3) is 0.368. The van der Waals surface area contributed by atoms with Crippen molar-refractivity contribution in [2.24, 2.45) is 0 Å². The molecule has 3 aromatic rings. The van der Waals surface area contributed by atoms with Crippen molar-refractivity contribution in [2.75, 3.05) is 20.1 Å². The standard InChI is InChI=1S/C19H22N4O2/c1-22(13-16-11-14-5-2-3-7-18(14)25-16)19(24)17-8-10-23(21-17)15-6-4-9-20-12-15/h2-3,5,7-8,10-11,15,20H,4,6,9,12-13H2,1H3. The smallest absolute Gasteiger partial charge is 0.274 e. The van der Waals surface area contributed by atoms with Crippen molar-refractivity contribution in [1.29, 1.82) is 0 Å². The van der Waals surface area contributed by atoms with Gasteiger partial charge < -0.3 is 14.6 Å². The van der Waals surface area contributed by atoms with Gasteiger partial charge in [0, 0.05) is 25.2 Å². The van der Waals surface area contributed by atoms with E-state index >= 15 is 0 Å². The number of carbonyl (C=O) groups is 1. The average molecular weight is 338 g/mol. The van der Waals surface area contributed by atoms with Gasteiger partial charge in [-0.1, -0.05) is 18.2 Å². The molecular formula is C19H22N4O2. The fourth-order valence-electron chi connectivity index (χ4n) is 3.33. The van der Waals surface area contributed by atoms with Gasteiger partial charge in [-0.25, -0.2) is 0 Å². The molecule has 1 aliphatic heterocycles. The van der Waals surface area contributed by atoms with Gasteiger partial charge in [0.1, 0.15) is 17.0 Å². The largest absolute Gasteiger partial charge is 0.459 e. The molecule has 0 radical (unpaired) electrons.